The van der Waals surface area contributed by atoms with Crippen LogP contribution in [0.5, 0.6) is 0 Å². The largest absolute Gasteiger partial charge is 0.450 e. The van der Waals surface area contributed by atoms with Gasteiger partial charge >= 0.3 is 5.97 Å². The summed E-state index contributed by atoms with van der Waals surface area (Å²) in [7, 11) is 0. The Hall–Kier alpha value is -3.12. The van der Waals surface area contributed by atoms with Gasteiger partial charge in [-0.15, -0.1) is 0 Å². The first kappa shape index (κ1) is 18.7. The minimum Gasteiger partial charge on any atom is -0.450 e. The molecule has 3 rings (SSSR count). The van der Waals surface area contributed by atoms with Crippen molar-refractivity contribution in [3.8, 4) is 0 Å². The SMILES string of the molecule is Cc1ccc(C)c(NC(=O)COC(=O)c2cc(=O)c3cc(Cl)ccc3o2)c1. The number of rotatable bonds is 4. The number of ether oxygens (including phenoxy) is 1. The van der Waals surface area contributed by atoms with E-state index in [1.165, 1.54) is 12.1 Å². The molecule has 0 fully saturated rings. The summed E-state index contributed by atoms with van der Waals surface area (Å²) in [6.07, 6.45) is 0. The van der Waals surface area contributed by atoms with E-state index in [2.05, 4.69) is 5.32 Å². The van der Waals surface area contributed by atoms with Gasteiger partial charge in [0.25, 0.3) is 5.91 Å². The van der Waals surface area contributed by atoms with Gasteiger partial charge in [-0.25, -0.2) is 4.79 Å². The van der Waals surface area contributed by atoms with Gasteiger partial charge in [0.1, 0.15) is 5.58 Å². The Morgan fingerprint density at radius 3 is 2.67 bits per heavy atom. The third-order valence-electron chi connectivity index (χ3n) is 3.89. The highest BCUT2D eigenvalue weighted by atomic mass is 35.5. The van der Waals surface area contributed by atoms with Gasteiger partial charge in [-0.1, -0.05) is 23.7 Å². The van der Waals surface area contributed by atoms with Crippen molar-refractivity contribution in [1.82, 2.24) is 0 Å². The van der Waals surface area contributed by atoms with Crippen LogP contribution in [0, 0.1) is 13.8 Å². The van der Waals surface area contributed by atoms with Crippen molar-refractivity contribution in [3.63, 3.8) is 0 Å². The van der Waals surface area contributed by atoms with Gasteiger partial charge in [-0.05, 0) is 49.2 Å². The number of amides is 1. The van der Waals surface area contributed by atoms with Crippen LogP contribution in [0.15, 0.2) is 51.7 Å². The molecule has 1 amide bonds. The number of nitrogens with one attached hydrogen (secondary N) is 1. The molecule has 0 radical (unpaired) electrons. The maximum absolute atomic E-state index is 12.1. The number of aryl methyl sites for hydroxylation is 2. The van der Waals surface area contributed by atoms with E-state index in [0.29, 0.717) is 10.7 Å². The molecule has 0 spiro atoms. The van der Waals surface area contributed by atoms with Crippen molar-refractivity contribution in [2.45, 2.75) is 13.8 Å². The Morgan fingerprint density at radius 1 is 1.11 bits per heavy atom. The van der Waals surface area contributed by atoms with Gasteiger partial charge in [-0.3, -0.25) is 9.59 Å². The highest BCUT2D eigenvalue weighted by molar-refractivity contribution is 6.31. The van der Waals surface area contributed by atoms with Crippen molar-refractivity contribution in [1.29, 1.82) is 0 Å². The molecular formula is C20H16ClNO5. The molecule has 0 unspecified atom stereocenters. The number of esters is 1. The van der Waals surface area contributed by atoms with Crippen LogP contribution in [0.2, 0.25) is 5.02 Å². The fourth-order valence-corrected chi connectivity index (χ4v) is 2.66. The summed E-state index contributed by atoms with van der Waals surface area (Å²) < 4.78 is 10.3. The molecule has 0 aliphatic carbocycles. The van der Waals surface area contributed by atoms with E-state index in [4.69, 9.17) is 20.8 Å². The highest BCUT2D eigenvalue weighted by Crippen LogP contribution is 2.18. The lowest BCUT2D eigenvalue weighted by Gasteiger charge is -2.09. The summed E-state index contributed by atoms with van der Waals surface area (Å²) in [5.41, 5.74) is 2.31. The van der Waals surface area contributed by atoms with Gasteiger partial charge < -0.3 is 14.5 Å². The minimum absolute atomic E-state index is 0.207. The standard InChI is InChI=1S/C20H16ClNO5/c1-11-3-4-12(2)15(7-11)22-19(24)10-26-20(25)18-9-16(23)14-8-13(21)5-6-17(14)27-18/h3-9H,10H2,1-2H3,(H,22,24). The molecule has 0 aliphatic rings. The molecule has 7 heteroatoms. The Morgan fingerprint density at radius 2 is 1.89 bits per heavy atom. The third-order valence-corrected chi connectivity index (χ3v) is 4.13. The van der Waals surface area contributed by atoms with E-state index in [-0.39, 0.29) is 16.7 Å². The lowest BCUT2D eigenvalue weighted by Crippen LogP contribution is -2.22. The van der Waals surface area contributed by atoms with Crippen molar-refractivity contribution in [2.24, 2.45) is 0 Å². The molecule has 0 saturated heterocycles. The van der Waals surface area contributed by atoms with Gasteiger partial charge in [0, 0.05) is 16.8 Å². The van der Waals surface area contributed by atoms with E-state index in [1.54, 1.807) is 6.07 Å². The van der Waals surface area contributed by atoms with Crippen LogP contribution >= 0.6 is 11.6 Å². The molecule has 6 nitrogen and oxygen atoms in total. The first-order chi connectivity index (χ1) is 12.8. The molecule has 0 aliphatic heterocycles. The zero-order valence-corrected chi connectivity index (χ0v) is 15.4. The lowest BCUT2D eigenvalue weighted by atomic mass is 10.1. The second-order valence-electron chi connectivity index (χ2n) is 6.06. The summed E-state index contributed by atoms with van der Waals surface area (Å²) >= 11 is 5.85. The van der Waals surface area contributed by atoms with Crippen LogP contribution in [0.25, 0.3) is 11.0 Å². The monoisotopic (exact) mass is 385 g/mol. The number of carbonyl (C=O) groups excluding carboxylic acids is 2. The number of hydrogen-bond acceptors (Lipinski definition) is 5. The van der Waals surface area contributed by atoms with Gasteiger partial charge in [-0.2, -0.15) is 0 Å². The Kier molecular flexibility index (Phi) is 5.28. The summed E-state index contributed by atoms with van der Waals surface area (Å²) in [5.74, 6) is -1.68. The van der Waals surface area contributed by atoms with Crippen LogP contribution in [-0.4, -0.2) is 18.5 Å². The van der Waals surface area contributed by atoms with Crippen LogP contribution in [0.3, 0.4) is 0 Å². The van der Waals surface area contributed by atoms with Crippen molar-refractivity contribution in [3.05, 3.63) is 74.6 Å². The molecule has 3 aromatic rings. The third kappa shape index (κ3) is 4.35. The number of hydrogen-bond donors (Lipinski definition) is 1. The van der Waals surface area contributed by atoms with Crippen LogP contribution in [0.1, 0.15) is 21.7 Å². The van der Waals surface area contributed by atoms with E-state index in [0.717, 1.165) is 17.2 Å². The van der Waals surface area contributed by atoms with Crippen LogP contribution in [0.4, 0.5) is 5.69 Å². The first-order valence-electron chi connectivity index (χ1n) is 8.11. The molecule has 1 N–H and O–H groups in total. The maximum Gasteiger partial charge on any atom is 0.374 e. The molecule has 1 aromatic heterocycles. The first-order valence-corrected chi connectivity index (χ1v) is 8.49. The van der Waals surface area contributed by atoms with E-state index in [9.17, 15) is 14.4 Å². The number of anilines is 1. The Labute approximate surface area is 159 Å². The minimum atomic E-state index is -0.903. The maximum atomic E-state index is 12.1. The summed E-state index contributed by atoms with van der Waals surface area (Å²) in [6.45, 7) is 3.26. The fourth-order valence-electron chi connectivity index (χ4n) is 2.49. The predicted octanol–water partition coefficient (Wildman–Crippen LogP) is 3.86. The average Bonchev–Trinajstić information content (AvgIpc) is 2.63. The highest BCUT2D eigenvalue weighted by Gasteiger charge is 2.16. The molecule has 27 heavy (non-hydrogen) atoms. The lowest BCUT2D eigenvalue weighted by molar-refractivity contribution is -0.119. The summed E-state index contributed by atoms with van der Waals surface area (Å²) in [4.78, 5) is 36.3. The van der Waals surface area contributed by atoms with Crippen LogP contribution in [-0.2, 0) is 9.53 Å². The molecule has 1 heterocycles. The van der Waals surface area contributed by atoms with Crippen molar-refractivity contribution in [2.75, 3.05) is 11.9 Å². The van der Waals surface area contributed by atoms with E-state index >= 15 is 0 Å². The van der Waals surface area contributed by atoms with E-state index < -0.39 is 23.9 Å². The number of halogens is 1. The number of benzene rings is 2. The quantitative estimate of drug-likeness (QED) is 0.689. The van der Waals surface area contributed by atoms with Gasteiger partial charge in [0.15, 0.2) is 12.0 Å². The molecule has 0 bridgehead atoms. The van der Waals surface area contributed by atoms with Crippen LogP contribution < -0.4 is 10.7 Å². The molecule has 138 valence electrons. The zero-order chi connectivity index (χ0) is 19.6. The molecule has 0 saturated carbocycles. The Bertz CT molecular complexity index is 1100. The normalized spacial score (nSPS) is 10.6. The molecule has 2 aromatic carbocycles. The van der Waals surface area contributed by atoms with Crippen molar-refractivity contribution >= 4 is 40.1 Å². The topological polar surface area (TPSA) is 85.6 Å². The number of fused-ring (bicyclic) bond motifs is 1. The average molecular weight is 386 g/mol. The second kappa shape index (κ2) is 7.63. The zero-order valence-electron chi connectivity index (χ0n) is 14.7. The van der Waals surface area contributed by atoms with Crippen molar-refractivity contribution < 1.29 is 18.7 Å². The predicted molar refractivity (Wildman–Crippen MR) is 102 cm³/mol. The Balaban J connectivity index is 1.69. The molecule has 0 atom stereocenters. The summed E-state index contributed by atoms with van der Waals surface area (Å²) in [5, 5.41) is 3.32. The number of carbonyl (C=O) groups is 2. The smallest absolute Gasteiger partial charge is 0.374 e. The van der Waals surface area contributed by atoms with Gasteiger partial charge in [0.05, 0.1) is 5.39 Å². The second-order valence-corrected chi connectivity index (χ2v) is 6.49. The van der Waals surface area contributed by atoms with E-state index in [1.807, 2.05) is 32.0 Å². The van der Waals surface area contributed by atoms with Gasteiger partial charge in [0.2, 0.25) is 5.76 Å². The fraction of sp³-hybridized carbons (Fsp3) is 0.150. The molecular weight excluding hydrogens is 370 g/mol. The summed E-state index contributed by atoms with van der Waals surface area (Å²) in [6, 6.07) is 11.1.